The van der Waals surface area contributed by atoms with E-state index in [0.717, 1.165) is 12.8 Å². The van der Waals surface area contributed by atoms with Crippen LogP contribution in [0.15, 0.2) is 24.4 Å². The minimum absolute atomic E-state index is 0.135. The number of nitrogens with one attached hydrogen (secondary N) is 1. The molecule has 1 heterocycles. The Bertz CT molecular complexity index is 335. The van der Waals surface area contributed by atoms with E-state index in [1.54, 1.807) is 24.4 Å². The van der Waals surface area contributed by atoms with Crippen LogP contribution in [0.3, 0.4) is 0 Å². The van der Waals surface area contributed by atoms with Gasteiger partial charge in [0, 0.05) is 12.1 Å². The van der Waals surface area contributed by atoms with Gasteiger partial charge in [-0.2, -0.15) is 0 Å². The Kier molecular flexibility index (Phi) is 2.42. The predicted molar refractivity (Wildman–Crippen MR) is 54.4 cm³/mol. The van der Waals surface area contributed by atoms with Gasteiger partial charge in [-0.05, 0) is 25.0 Å². The molecule has 1 saturated carbocycles. The lowest BCUT2D eigenvalue weighted by atomic mass is 10.3. The Labute approximate surface area is 87.5 Å². The summed E-state index contributed by atoms with van der Waals surface area (Å²) in [4.78, 5) is 15.6. The minimum atomic E-state index is -0.157. The summed E-state index contributed by atoms with van der Waals surface area (Å²) in [6.45, 7) is 0. The largest absolute Gasteiger partial charge is 0.344 e. The molecule has 3 nitrogen and oxygen atoms in total. The Morgan fingerprint density at radius 3 is 2.86 bits per heavy atom. The van der Waals surface area contributed by atoms with E-state index in [4.69, 9.17) is 11.6 Å². The molecule has 14 heavy (non-hydrogen) atoms. The smallest absolute Gasteiger partial charge is 0.270 e. The number of alkyl halides is 1. The highest BCUT2D eigenvalue weighted by Crippen LogP contribution is 2.36. The number of pyridine rings is 1. The zero-order valence-electron chi connectivity index (χ0n) is 7.66. The second-order valence-corrected chi connectivity index (χ2v) is 3.85. The van der Waals surface area contributed by atoms with E-state index in [1.165, 1.54) is 0 Å². The van der Waals surface area contributed by atoms with Crippen LogP contribution >= 0.6 is 11.6 Å². The van der Waals surface area contributed by atoms with Crippen molar-refractivity contribution in [3.8, 4) is 0 Å². The maximum atomic E-state index is 11.6. The predicted octanol–water partition coefficient (Wildman–Crippen LogP) is 1.58. The van der Waals surface area contributed by atoms with E-state index in [1.807, 2.05) is 0 Å². The molecule has 0 atom stereocenters. The van der Waals surface area contributed by atoms with Crippen LogP contribution < -0.4 is 5.32 Å². The molecule has 0 saturated heterocycles. The van der Waals surface area contributed by atoms with Gasteiger partial charge < -0.3 is 5.32 Å². The summed E-state index contributed by atoms with van der Waals surface area (Å²) in [5, 5.41) is 2.90. The van der Waals surface area contributed by atoms with E-state index < -0.39 is 0 Å². The topological polar surface area (TPSA) is 42.0 Å². The van der Waals surface area contributed by atoms with Crippen molar-refractivity contribution in [3.63, 3.8) is 0 Å². The van der Waals surface area contributed by atoms with E-state index in [-0.39, 0.29) is 11.4 Å². The van der Waals surface area contributed by atoms with Gasteiger partial charge in [0.1, 0.15) is 5.69 Å². The summed E-state index contributed by atoms with van der Waals surface area (Å²) in [7, 11) is 0. The molecule has 1 amide bonds. The monoisotopic (exact) mass is 210 g/mol. The first-order valence-electron chi connectivity index (χ1n) is 4.55. The van der Waals surface area contributed by atoms with Crippen LogP contribution in [-0.2, 0) is 0 Å². The highest BCUT2D eigenvalue weighted by molar-refractivity contribution is 6.19. The first-order chi connectivity index (χ1) is 6.76. The third-order valence-corrected chi connectivity index (χ3v) is 2.90. The van der Waals surface area contributed by atoms with Crippen molar-refractivity contribution in [1.82, 2.24) is 10.3 Å². The fraction of sp³-hybridized carbons (Fsp3) is 0.400. The molecule has 0 spiro atoms. The fourth-order valence-corrected chi connectivity index (χ4v) is 1.58. The van der Waals surface area contributed by atoms with Gasteiger partial charge in [-0.25, -0.2) is 0 Å². The zero-order chi connectivity index (χ0) is 10.0. The van der Waals surface area contributed by atoms with Crippen LogP contribution in [0.5, 0.6) is 0 Å². The number of amides is 1. The van der Waals surface area contributed by atoms with Crippen LogP contribution in [0, 0.1) is 0 Å². The highest BCUT2D eigenvalue weighted by Gasteiger charge is 2.43. The third-order valence-electron chi connectivity index (χ3n) is 2.39. The van der Waals surface area contributed by atoms with Crippen molar-refractivity contribution >= 4 is 17.5 Å². The SMILES string of the molecule is O=C(NC1(CCl)CC1)c1ccccn1. The molecular formula is C10H11ClN2O. The molecule has 1 aliphatic rings. The third kappa shape index (κ3) is 1.87. The average molecular weight is 211 g/mol. The van der Waals surface area contributed by atoms with Gasteiger partial charge in [-0.1, -0.05) is 6.07 Å². The molecule has 1 aliphatic carbocycles. The van der Waals surface area contributed by atoms with Gasteiger partial charge in [-0.15, -0.1) is 11.6 Å². The second kappa shape index (κ2) is 3.58. The lowest BCUT2D eigenvalue weighted by molar-refractivity contribution is 0.0931. The van der Waals surface area contributed by atoms with Crippen LogP contribution in [0.25, 0.3) is 0 Å². The van der Waals surface area contributed by atoms with Crippen LogP contribution in [-0.4, -0.2) is 22.3 Å². The maximum Gasteiger partial charge on any atom is 0.270 e. The van der Waals surface area contributed by atoms with Crippen LogP contribution in [0.2, 0.25) is 0 Å². The Balaban J connectivity index is 2.03. The van der Waals surface area contributed by atoms with Crippen molar-refractivity contribution in [3.05, 3.63) is 30.1 Å². The van der Waals surface area contributed by atoms with Gasteiger partial charge in [-0.3, -0.25) is 9.78 Å². The van der Waals surface area contributed by atoms with Gasteiger partial charge >= 0.3 is 0 Å². The van der Waals surface area contributed by atoms with Crippen molar-refractivity contribution in [2.45, 2.75) is 18.4 Å². The molecule has 1 fully saturated rings. The highest BCUT2D eigenvalue weighted by atomic mass is 35.5. The number of aromatic nitrogens is 1. The summed E-state index contributed by atoms with van der Waals surface area (Å²) in [6, 6.07) is 5.27. The molecular weight excluding hydrogens is 200 g/mol. The number of rotatable bonds is 3. The summed E-state index contributed by atoms with van der Waals surface area (Å²) in [5.74, 6) is 0.342. The summed E-state index contributed by atoms with van der Waals surface area (Å²) >= 11 is 5.75. The van der Waals surface area contributed by atoms with Gasteiger partial charge in [0.05, 0.1) is 5.54 Å². The molecule has 1 N–H and O–H groups in total. The van der Waals surface area contributed by atoms with Gasteiger partial charge in [0.2, 0.25) is 0 Å². The van der Waals surface area contributed by atoms with Crippen LogP contribution in [0.4, 0.5) is 0 Å². The molecule has 1 aromatic heterocycles. The molecule has 0 radical (unpaired) electrons. The van der Waals surface area contributed by atoms with Crippen molar-refractivity contribution in [2.75, 3.05) is 5.88 Å². The number of halogens is 1. The lowest BCUT2D eigenvalue weighted by Crippen LogP contribution is -2.38. The summed E-state index contributed by atoms with van der Waals surface area (Å²) in [5.41, 5.74) is 0.291. The van der Waals surface area contributed by atoms with E-state index >= 15 is 0 Å². The zero-order valence-corrected chi connectivity index (χ0v) is 8.42. The summed E-state index contributed by atoms with van der Waals surface area (Å²) < 4.78 is 0. The number of hydrogen-bond donors (Lipinski definition) is 1. The number of hydrogen-bond acceptors (Lipinski definition) is 2. The Morgan fingerprint density at radius 1 is 1.57 bits per heavy atom. The molecule has 0 aromatic carbocycles. The molecule has 1 aromatic rings. The number of nitrogens with zero attached hydrogens (tertiary/aromatic N) is 1. The van der Waals surface area contributed by atoms with E-state index in [0.29, 0.717) is 11.6 Å². The van der Waals surface area contributed by atoms with Gasteiger partial charge in [0.15, 0.2) is 0 Å². The normalized spacial score (nSPS) is 17.5. The number of carbonyl (C=O) groups excluding carboxylic acids is 1. The quantitative estimate of drug-likeness (QED) is 0.770. The standard InChI is InChI=1S/C10H11ClN2O/c11-7-10(4-5-10)13-9(14)8-3-1-2-6-12-8/h1-3,6H,4-5,7H2,(H,13,14). The second-order valence-electron chi connectivity index (χ2n) is 3.58. The minimum Gasteiger partial charge on any atom is -0.344 e. The van der Waals surface area contributed by atoms with E-state index in [9.17, 15) is 4.79 Å². The van der Waals surface area contributed by atoms with Crippen molar-refractivity contribution in [1.29, 1.82) is 0 Å². The molecule has 0 aliphatic heterocycles. The molecule has 74 valence electrons. The summed E-state index contributed by atoms with van der Waals surface area (Å²) in [6.07, 6.45) is 3.54. The molecule has 4 heteroatoms. The lowest BCUT2D eigenvalue weighted by Gasteiger charge is -2.12. The Hall–Kier alpha value is -1.09. The fourth-order valence-electron chi connectivity index (χ4n) is 1.24. The average Bonchev–Trinajstić information content (AvgIpc) is 3.00. The van der Waals surface area contributed by atoms with E-state index in [2.05, 4.69) is 10.3 Å². The van der Waals surface area contributed by atoms with Crippen molar-refractivity contribution < 1.29 is 4.79 Å². The van der Waals surface area contributed by atoms with Gasteiger partial charge in [0.25, 0.3) is 5.91 Å². The first kappa shape index (κ1) is 9.46. The first-order valence-corrected chi connectivity index (χ1v) is 5.09. The molecule has 0 bridgehead atoms. The van der Waals surface area contributed by atoms with Crippen LogP contribution in [0.1, 0.15) is 23.3 Å². The molecule has 2 rings (SSSR count). The van der Waals surface area contributed by atoms with Crippen molar-refractivity contribution in [2.24, 2.45) is 0 Å². The molecule has 0 unspecified atom stereocenters. The Morgan fingerprint density at radius 2 is 2.36 bits per heavy atom. The maximum absolute atomic E-state index is 11.6. The number of carbonyl (C=O) groups is 1.